The lowest BCUT2D eigenvalue weighted by Crippen LogP contribution is -2.41. The smallest absolute Gasteiger partial charge is 0.269 e. The normalized spacial score (nSPS) is 10.1. The van der Waals surface area contributed by atoms with Crippen LogP contribution >= 0.6 is 15.9 Å². The first-order chi connectivity index (χ1) is 13.5. The van der Waals surface area contributed by atoms with Crippen molar-refractivity contribution in [3.05, 3.63) is 52.0 Å². The Kier molecular flexibility index (Phi) is 8.13. The van der Waals surface area contributed by atoms with Crippen molar-refractivity contribution < 1.29 is 23.8 Å². The SMILES string of the molecule is CCCCOc1ccc(C(=O)NNC(=O)c2ccc(OC)c(OC)c2)cc1Br. The average Bonchev–Trinajstić information content (AvgIpc) is 2.72. The van der Waals surface area contributed by atoms with E-state index in [0.29, 0.717) is 39.5 Å². The zero-order valence-corrected chi connectivity index (χ0v) is 17.6. The molecule has 0 saturated heterocycles. The van der Waals surface area contributed by atoms with E-state index >= 15 is 0 Å². The fourth-order valence-corrected chi connectivity index (χ4v) is 2.81. The summed E-state index contributed by atoms with van der Waals surface area (Å²) in [4.78, 5) is 24.6. The van der Waals surface area contributed by atoms with Gasteiger partial charge in [-0.2, -0.15) is 0 Å². The number of carbonyl (C=O) groups is 2. The maximum Gasteiger partial charge on any atom is 0.269 e. The number of ether oxygens (including phenoxy) is 3. The van der Waals surface area contributed by atoms with Crippen molar-refractivity contribution in [2.45, 2.75) is 19.8 Å². The fourth-order valence-electron chi connectivity index (χ4n) is 2.32. The van der Waals surface area contributed by atoms with Gasteiger partial charge in [0.2, 0.25) is 0 Å². The highest BCUT2D eigenvalue weighted by Gasteiger charge is 2.13. The molecule has 28 heavy (non-hydrogen) atoms. The van der Waals surface area contributed by atoms with Gasteiger partial charge in [0.1, 0.15) is 5.75 Å². The summed E-state index contributed by atoms with van der Waals surface area (Å²) in [5.74, 6) is 0.667. The van der Waals surface area contributed by atoms with Crippen LogP contribution in [0.5, 0.6) is 17.2 Å². The van der Waals surface area contributed by atoms with E-state index in [4.69, 9.17) is 14.2 Å². The molecule has 0 heterocycles. The lowest BCUT2D eigenvalue weighted by atomic mass is 10.2. The topological polar surface area (TPSA) is 85.9 Å². The number of hydrogen-bond donors (Lipinski definition) is 2. The summed E-state index contributed by atoms with van der Waals surface area (Å²) >= 11 is 3.40. The van der Waals surface area contributed by atoms with Crippen LogP contribution in [0.25, 0.3) is 0 Å². The van der Waals surface area contributed by atoms with E-state index in [9.17, 15) is 9.59 Å². The van der Waals surface area contributed by atoms with Gasteiger partial charge in [-0.3, -0.25) is 20.4 Å². The molecule has 0 bridgehead atoms. The van der Waals surface area contributed by atoms with E-state index in [-0.39, 0.29) is 0 Å². The Morgan fingerprint density at radius 3 is 2.00 bits per heavy atom. The molecule has 0 aromatic heterocycles. The van der Waals surface area contributed by atoms with Gasteiger partial charge in [-0.25, -0.2) is 0 Å². The zero-order valence-electron chi connectivity index (χ0n) is 16.0. The minimum Gasteiger partial charge on any atom is -0.493 e. The van der Waals surface area contributed by atoms with Crippen molar-refractivity contribution >= 4 is 27.7 Å². The monoisotopic (exact) mass is 450 g/mol. The summed E-state index contributed by atoms with van der Waals surface area (Å²) in [5, 5.41) is 0. The van der Waals surface area contributed by atoms with Crippen molar-refractivity contribution in [2.75, 3.05) is 20.8 Å². The minimum absolute atomic E-state index is 0.318. The van der Waals surface area contributed by atoms with Crippen LogP contribution in [-0.2, 0) is 0 Å². The van der Waals surface area contributed by atoms with Crippen LogP contribution in [0.2, 0.25) is 0 Å². The number of nitrogens with one attached hydrogen (secondary N) is 2. The summed E-state index contributed by atoms with van der Waals surface area (Å²) in [7, 11) is 2.99. The van der Waals surface area contributed by atoms with Crippen molar-refractivity contribution in [3.8, 4) is 17.2 Å². The number of benzene rings is 2. The predicted octanol–water partition coefficient (Wildman–Crippen LogP) is 3.72. The van der Waals surface area contributed by atoms with Gasteiger partial charge in [0.05, 0.1) is 25.3 Å². The molecule has 2 rings (SSSR count). The molecule has 8 heteroatoms. The van der Waals surface area contributed by atoms with Gasteiger partial charge < -0.3 is 14.2 Å². The van der Waals surface area contributed by atoms with Crippen molar-refractivity contribution in [1.29, 1.82) is 0 Å². The fraction of sp³-hybridized carbons (Fsp3) is 0.300. The molecule has 0 saturated carbocycles. The number of amides is 2. The van der Waals surface area contributed by atoms with E-state index in [1.807, 2.05) is 0 Å². The summed E-state index contributed by atoms with van der Waals surface area (Å²) < 4.78 is 16.6. The van der Waals surface area contributed by atoms with E-state index in [2.05, 4.69) is 33.7 Å². The molecule has 150 valence electrons. The number of rotatable bonds is 8. The molecule has 2 aromatic carbocycles. The highest BCUT2D eigenvalue weighted by atomic mass is 79.9. The standard InChI is InChI=1S/C20H23BrN2O5/c1-4-5-10-28-16-8-6-13(11-15(16)21)19(24)22-23-20(25)14-7-9-17(26-2)18(12-14)27-3/h6-9,11-12H,4-5,10H2,1-3H3,(H,22,24)(H,23,25). The Balaban J connectivity index is 1.98. The van der Waals surface area contributed by atoms with Gasteiger partial charge >= 0.3 is 0 Å². The van der Waals surface area contributed by atoms with Crippen LogP contribution < -0.4 is 25.1 Å². The molecule has 2 N–H and O–H groups in total. The number of halogens is 1. The summed E-state index contributed by atoms with van der Waals surface area (Å²) in [6.07, 6.45) is 1.99. The van der Waals surface area contributed by atoms with Gasteiger partial charge in [-0.1, -0.05) is 13.3 Å². The molecule has 0 aliphatic carbocycles. The van der Waals surface area contributed by atoms with Crippen molar-refractivity contribution in [3.63, 3.8) is 0 Å². The average molecular weight is 451 g/mol. The highest BCUT2D eigenvalue weighted by molar-refractivity contribution is 9.10. The van der Waals surface area contributed by atoms with Crippen LogP contribution in [0.3, 0.4) is 0 Å². The lowest BCUT2D eigenvalue weighted by molar-refractivity contribution is 0.0846. The third kappa shape index (κ3) is 5.63. The van der Waals surface area contributed by atoms with E-state index in [0.717, 1.165) is 12.8 Å². The Morgan fingerprint density at radius 2 is 1.46 bits per heavy atom. The van der Waals surface area contributed by atoms with Crippen LogP contribution in [-0.4, -0.2) is 32.6 Å². The van der Waals surface area contributed by atoms with Crippen LogP contribution in [0.4, 0.5) is 0 Å². The molecule has 0 spiro atoms. The first-order valence-corrected chi connectivity index (χ1v) is 9.54. The first-order valence-electron chi connectivity index (χ1n) is 8.75. The number of unbranched alkanes of at least 4 members (excludes halogenated alkanes) is 1. The molecule has 0 aliphatic rings. The summed E-state index contributed by atoms with van der Waals surface area (Å²) in [5.41, 5.74) is 5.47. The van der Waals surface area contributed by atoms with Crippen LogP contribution in [0.15, 0.2) is 40.9 Å². The largest absolute Gasteiger partial charge is 0.493 e. The number of carbonyl (C=O) groups excluding carboxylic acids is 2. The van der Waals surface area contributed by atoms with E-state index < -0.39 is 11.8 Å². The number of hydrogen-bond acceptors (Lipinski definition) is 5. The van der Waals surface area contributed by atoms with Crippen molar-refractivity contribution in [2.24, 2.45) is 0 Å². The Hall–Kier alpha value is -2.74. The lowest BCUT2D eigenvalue weighted by Gasteiger charge is -2.12. The number of methoxy groups -OCH3 is 2. The second kappa shape index (κ2) is 10.6. The van der Waals surface area contributed by atoms with Gasteiger partial charge in [0.15, 0.2) is 11.5 Å². The molecular formula is C20H23BrN2O5. The molecule has 0 fully saturated rings. The second-order valence-corrected chi connectivity index (χ2v) is 6.68. The van der Waals surface area contributed by atoms with Crippen LogP contribution in [0.1, 0.15) is 40.5 Å². The Morgan fingerprint density at radius 1 is 0.893 bits per heavy atom. The first kappa shape index (κ1) is 21.6. The Labute approximate surface area is 172 Å². The third-order valence-corrected chi connectivity index (χ3v) is 4.50. The molecule has 0 unspecified atom stereocenters. The van der Waals surface area contributed by atoms with Gasteiger partial charge in [0, 0.05) is 11.1 Å². The van der Waals surface area contributed by atoms with Crippen LogP contribution in [0, 0.1) is 0 Å². The molecule has 0 atom stereocenters. The van der Waals surface area contributed by atoms with Gasteiger partial charge in [0.25, 0.3) is 11.8 Å². The highest BCUT2D eigenvalue weighted by Crippen LogP contribution is 2.28. The number of hydrazine groups is 1. The second-order valence-electron chi connectivity index (χ2n) is 5.83. The maximum atomic E-state index is 12.3. The quantitative estimate of drug-likeness (QED) is 0.472. The van der Waals surface area contributed by atoms with E-state index in [1.165, 1.54) is 20.3 Å². The third-order valence-electron chi connectivity index (χ3n) is 3.88. The maximum absolute atomic E-state index is 12.3. The van der Waals surface area contributed by atoms with Gasteiger partial charge in [-0.05, 0) is 58.7 Å². The van der Waals surface area contributed by atoms with Crippen molar-refractivity contribution in [1.82, 2.24) is 10.9 Å². The van der Waals surface area contributed by atoms with Gasteiger partial charge in [-0.15, -0.1) is 0 Å². The molecular weight excluding hydrogens is 428 g/mol. The molecule has 0 aliphatic heterocycles. The molecule has 7 nitrogen and oxygen atoms in total. The zero-order chi connectivity index (χ0) is 20.5. The van der Waals surface area contributed by atoms with E-state index in [1.54, 1.807) is 30.3 Å². The molecule has 0 radical (unpaired) electrons. The molecule has 2 amide bonds. The summed E-state index contributed by atoms with van der Waals surface area (Å²) in [6.45, 7) is 2.70. The predicted molar refractivity (Wildman–Crippen MR) is 109 cm³/mol. The molecule has 2 aromatic rings. The minimum atomic E-state index is -0.479. The Bertz CT molecular complexity index is 841. The summed E-state index contributed by atoms with van der Waals surface area (Å²) in [6, 6.07) is 9.69.